The Hall–Kier alpha value is -1.93. The van der Waals surface area contributed by atoms with Gasteiger partial charge in [-0.2, -0.15) is 0 Å². The molecule has 2 aromatic rings. The molecule has 6 nitrogen and oxygen atoms in total. The maximum absolute atomic E-state index is 11.5. The van der Waals surface area contributed by atoms with Gasteiger partial charge in [-0.15, -0.1) is 11.3 Å². The Labute approximate surface area is 153 Å². The number of rotatable bonds is 7. The molecule has 0 unspecified atom stereocenters. The van der Waals surface area contributed by atoms with Gasteiger partial charge in [0.2, 0.25) is 0 Å². The van der Waals surface area contributed by atoms with Gasteiger partial charge in [0.15, 0.2) is 15.8 Å². The number of hydrogen-bond acceptors (Lipinski definition) is 5. The Morgan fingerprint density at radius 1 is 1.16 bits per heavy atom. The molecule has 0 amide bonds. The Bertz CT molecular complexity index is 811. The van der Waals surface area contributed by atoms with Crippen LogP contribution in [0.1, 0.15) is 16.3 Å². The van der Waals surface area contributed by atoms with Crippen molar-refractivity contribution in [2.75, 3.05) is 26.4 Å². The maximum atomic E-state index is 11.5. The monoisotopic (exact) mass is 380 g/mol. The third-order valence-electron chi connectivity index (χ3n) is 3.62. The molecule has 0 radical (unpaired) electrons. The van der Waals surface area contributed by atoms with Gasteiger partial charge in [-0.25, -0.2) is 13.4 Å². The van der Waals surface area contributed by atoms with Crippen molar-refractivity contribution in [1.82, 2.24) is 15.6 Å². The van der Waals surface area contributed by atoms with Crippen molar-refractivity contribution >= 4 is 27.1 Å². The molecule has 1 heterocycles. The van der Waals surface area contributed by atoms with Gasteiger partial charge in [0.1, 0.15) is 0 Å². The Morgan fingerprint density at radius 3 is 2.32 bits per heavy atom. The predicted octanol–water partition coefficient (Wildman–Crippen LogP) is 1.81. The summed E-state index contributed by atoms with van der Waals surface area (Å²) < 4.78 is 22.9. The quantitative estimate of drug-likeness (QED) is 0.565. The fraction of sp³-hybridized carbons (Fsp3) is 0.412. The predicted molar refractivity (Wildman–Crippen MR) is 103 cm³/mol. The Balaban J connectivity index is 1.73. The molecule has 0 fully saturated rings. The normalized spacial score (nSPS) is 12.2. The van der Waals surface area contributed by atoms with Crippen LogP contribution in [0.15, 0.2) is 39.5 Å². The Morgan fingerprint density at radius 2 is 1.80 bits per heavy atom. The minimum Gasteiger partial charge on any atom is -0.356 e. The smallest absolute Gasteiger partial charge is 0.190 e. The van der Waals surface area contributed by atoms with Gasteiger partial charge in [-0.05, 0) is 31.0 Å². The minimum atomic E-state index is -3.14. The summed E-state index contributed by atoms with van der Waals surface area (Å²) in [5, 5.41) is 9.68. The van der Waals surface area contributed by atoms with Crippen molar-refractivity contribution in [2.45, 2.75) is 24.7 Å². The van der Waals surface area contributed by atoms with Gasteiger partial charge in [-0.1, -0.05) is 12.1 Å². The van der Waals surface area contributed by atoms with E-state index in [1.807, 2.05) is 19.1 Å². The van der Waals surface area contributed by atoms with E-state index >= 15 is 0 Å². The van der Waals surface area contributed by atoms with Gasteiger partial charge >= 0.3 is 0 Å². The summed E-state index contributed by atoms with van der Waals surface area (Å²) in [6.45, 7) is 3.49. The molecule has 8 heteroatoms. The van der Waals surface area contributed by atoms with Crippen LogP contribution in [0.5, 0.6) is 0 Å². The van der Waals surface area contributed by atoms with E-state index in [0.29, 0.717) is 11.4 Å². The summed E-state index contributed by atoms with van der Waals surface area (Å²) >= 11 is 1.66. The topological polar surface area (TPSA) is 83.5 Å². The molecule has 0 saturated heterocycles. The van der Waals surface area contributed by atoms with Gasteiger partial charge in [0, 0.05) is 38.2 Å². The first-order valence-corrected chi connectivity index (χ1v) is 10.8. The molecule has 1 aromatic heterocycles. The zero-order chi connectivity index (χ0) is 18.3. The molecule has 0 aliphatic carbocycles. The molecular weight excluding hydrogens is 356 g/mol. The van der Waals surface area contributed by atoms with Crippen molar-refractivity contribution in [3.05, 3.63) is 45.9 Å². The van der Waals surface area contributed by atoms with E-state index in [1.165, 1.54) is 6.26 Å². The summed E-state index contributed by atoms with van der Waals surface area (Å²) in [4.78, 5) is 8.98. The van der Waals surface area contributed by atoms with Crippen LogP contribution in [-0.2, 0) is 22.7 Å². The molecule has 1 aromatic carbocycles. The highest BCUT2D eigenvalue weighted by Crippen LogP contribution is 2.10. The second kappa shape index (κ2) is 8.96. The van der Waals surface area contributed by atoms with Gasteiger partial charge in [-0.3, -0.25) is 4.99 Å². The number of sulfone groups is 1. The lowest BCUT2D eigenvalue weighted by Gasteiger charge is -2.11. The third kappa shape index (κ3) is 6.47. The molecule has 0 aliphatic heterocycles. The van der Waals surface area contributed by atoms with Crippen LogP contribution >= 0.6 is 11.3 Å². The summed E-state index contributed by atoms with van der Waals surface area (Å²) in [5.74, 6) is 0.750. The van der Waals surface area contributed by atoms with Crippen molar-refractivity contribution in [3.8, 4) is 0 Å². The standard InChI is InChI=1S/C17H24N4O2S2/c1-13-21-15(12-24-13)9-11-20-17(18-2)19-10-8-14-4-6-16(7-5-14)25(3,22)23/h4-7,12H,8-11H2,1-3H3,(H2,18,19,20). The second-order valence-corrected chi connectivity index (χ2v) is 8.78. The maximum Gasteiger partial charge on any atom is 0.190 e. The number of hydrogen-bond donors (Lipinski definition) is 2. The van der Waals surface area contributed by atoms with Crippen LogP contribution in [0.25, 0.3) is 0 Å². The number of benzene rings is 1. The average molecular weight is 381 g/mol. The van der Waals surface area contributed by atoms with E-state index in [4.69, 9.17) is 0 Å². The number of thiazole rings is 1. The first-order chi connectivity index (χ1) is 11.9. The van der Waals surface area contributed by atoms with Gasteiger partial charge < -0.3 is 10.6 Å². The lowest BCUT2D eigenvalue weighted by molar-refractivity contribution is 0.602. The van der Waals surface area contributed by atoms with Crippen molar-refractivity contribution in [3.63, 3.8) is 0 Å². The first-order valence-electron chi connectivity index (χ1n) is 8.03. The number of aliphatic imine (C=N–C) groups is 1. The molecule has 0 bridgehead atoms. The fourth-order valence-electron chi connectivity index (χ4n) is 2.28. The number of aryl methyl sites for hydroxylation is 1. The van der Waals surface area contributed by atoms with Crippen LogP contribution in [0.4, 0.5) is 0 Å². The van der Waals surface area contributed by atoms with E-state index in [1.54, 1.807) is 30.5 Å². The molecule has 0 saturated carbocycles. The lowest BCUT2D eigenvalue weighted by Crippen LogP contribution is -2.39. The minimum absolute atomic E-state index is 0.346. The van der Waals surface area contributed by atoms with Gasteiger partial charge in [0.25, 0.3) is 0 Å². The molecule has 2 rings (SSSR count). The number of aromatic nitrogens is 1. The van der Waals surface area contributed by atoms with Crippen molar-refractivity contribution < 1.29 is 8.42 Å². The van der Waals surface area contributed by atoms with E-state index < -0.39 is 9.84 Å². The zero-order valence-corrected chi connectivity index (χ0v) is 16.4. The van der Waals surface area contributed by atoms with E-state index in [0.717, 1.165) is 41.6 Å². The highest BCUT2D eigenvalue weighted by Gasteiger charge is 2.06. The third-order valence-corrected chi connectivity index (χ3v) is 5.57. The molecular formula is C17H24N4O2S2. The SMILES string of the molecule is CN=C(NCCc1ccc(S(C)(=O)=O)cc1)NCCc1csc(C)n1. The summed E-state index contributed by atoms with van der Waals surface area (Å²) in [7, 11) is -1.40. The second-order valence-electron chi connectivity index (χ2n) is 5.70. The lowest BCUT2D eigenvalue weighted by atomic mass is 10.1. The van der Waals surface area contributed by atoms with E-state index in [-0.39, 0.29) is 0 Å². The summed E-state index contributed by atoms with van der Waals surface area (Å²) in [6, 6.07) is 6.98. The molecule has 0 aliphatic rings. The average Bonchev–Trinajstić information content (AvgIpc) is 2.98. The van der Waals surface area contributed by atoms with Crippen molar-refractivity contribution in [1.29, 1.82) is 0 Å². The molecule has 0 atom stereocenters. The van der Waals surface area contributed by atoms with Crippen LogP contribution in [0.3, 0.4) is 0 Å². The van der Waals surface area contributed by atoms with E-state index in [9.17, 15) is 8.42 Å². The van der Waals surface area contributed by atoms with Crippen LogP contribution in [0.2, 0.25) is 0 Å². The zero-order valence-electron chi connectivity index (χ0n) is 14.7. The number of guanidine groups is 1. The van der Waals surface area contributed by atoms with Crippen LogP contribution < -0.4 is 10.6 Å². The first kappa shape index (κ1) is 19.4. The summed E-state index contributed by atoms with van der Waals surface area (Å²) in [5.41, 5.74) is 2.17. The molecule has 25 heavy (non-hydrogen) atoms. The fourth-order valence-corrected chi connectivity index (χ4v) is 3.56. The molecule has 0 spiro atoms. The summed E-state index contributed by atoms with van der Waals surface area (Å²) in [6.07, 6.45) is 2.86. The van der Waals surface area contributed by atoms with Gasteiger partial charge in [0.05, 0.1) is 15.6 Å². The largest absolute Gasteiger partial charge is 0.356 e. The highest BCUT2D eigenvalue weighted by molar-refractivity contribution is 7.90. The highest BCUT2D eigenvalue weighted by atomic mass is 32.2. The number of nitrogens with one attached hydrogen (secondary N) is 2. The molecule has 136 valence electrons. The Kier molecular flexibility index (Phi) is 6.95. The van der Waals surface area contributed by atoms with Crippen molar-refractivity contribution in [2.24, 2.45) is 4.99 Å². The number of nitrogens with zero attached hydrogens (tertiary/aromatic N) is 2. The van der Waals surface area contributed by atoms with E-state index in [2.05, 4.69) is 26.0 Å². The van der Waals surface area contributed by atoms with Crippen LogP contribution in [0, 0.1) is 6.92 Å². The van der Waals surface area contributed by atoms with Crippen LogP contribution in [-0.4, -0.2) is 45.8 Å². The molecule has 2 N–H and O–H groups in total.